The summed E-state index contributed by atoms with van der Waals surface area (Å²) >= 11 is 3.15. The van der Waals surface area contributed by atoms with Gasteiger partial charge in [-0.3, -0.25) is 0 Å². The molecule has 0 aliphatic carbocycles. The van der Waals surface area contributed by atoms with Crippen LogP contribution in [0.2, 0.25) is 0 Å². The molecule has 84 valence electrons. The third-order valence-electron chi connectivity index (χ3n) is 1.48. The zero-order valence-electron chi connectivity index (χ0n) is 6.92. The van der Waals surface area contributed by atoms with Crippen LogP contribution in [0, 0.1) is 7.27 Å². The highest BCUT2D eigenvalue weighted by atomic mass is 127. The molecular formula is C6H4F2I2N2O2S. The molecule has 0 atom stereocenters. The van der Waals surface area contributed by atoms with Gasteiger partial charge in [-0.15, -0.1) is 0 Å². The highest BCUT2D eigenvalue weighted by Gasteiger charge is 2.26. The smallest absolute Gasteiger partial charge is 0.249 e. The van der Waals surface area contributed by atoms with Crippen LogP contribution >= 0.6 is 45.2 Å². The summed E-state index contributed by atoms with van der Waals surface area (Å²) in [6, 6.07) is 0. The van der Waals surface area contributed by atoms with E-state index in [9.17, 15) is 17.2 Å². The topological polar surface area (TPSA) is 73.1 Å². The molecule has 1 aromatic heterocycles. The fraction of sp³-hybridized carbons (Fsp3) is 0.167. The highest BCUT2D eigenvalue weighted by Crippen LogP contribution is 2.31. The Kier molecular flexibility index (Phi) is 4.22. The lowest BCUT2D eigenvalue weighted by Gasteiger charge is -2.09. The first kappa shape index (κ1) is 13.4. The van der Waals surface area contributed by atoms with Crippen LogP contribution in [0.4, 0.5) is 8.78 Å². The number of aromatic nitrogens is 1. The van der Waals surface area contributed by atoms with E-state index in [4.69, 9.17) is 5.14 Å². The van der Waals surface area contributed by atoms with Crippen molar-refractivity contribution in [3.63, 3.8) is 0 Å². The van der Waals surface area contributed by atoms with Crippen LogP contribution in [0.25, 0.3) is 0 Å². The van der Waals surface area contributed by atoms with Gasteiger partial charge in [-0.25, -0.2) is 27.3 Å². The fourth-order valence-electron chi connectivity index (χ4n) is 0.942. The molecule has 0 aliphatic heterocycles. The van der Waals surface area contributed by atoms with Crippen molar-refractivity contribution in [3.8, 4) is 0 Å². The molecule has 0 amide bonds. The van der Waals surface area contributed by atoms with Gasteiger partial charge in [-0.1, -0.05) is 0 Å². The average molecular weight is 460 g/mol. The van der Waals surface area contributed by atoms with Crippen molar-refractivity contribution in [2.45, 2.75) is 11.3 Å². The molecule has 1 heterocycles. The van der Waals surface area contributed by atoms with Gasteiger partial charge in [0.05, 0.1) is 9.13 Å². The quantitative estimate of drug-likeness (QED) is 0.542. The van der Waals surface area contributed by atoms with Gasteiger partial charge in [-0.05, 0) is 45.2 Å². The Morgan fingerprint density at radius 3 is 2.27 bits per heavy atom. The predicted molar refractivity (Wildman–Crippen MR) is 66.0 cm³/mol. The Morgan fingerprint density at radius 1 is 1.40 bits per heavy atom. The lowest BCUT2D eigenvalue weighted by Crippen LogP contribution is -2.18. The summed E-state index contributed by atoms with van der Waals surface area (Å²) < 4.78 is 47.6. The van der Waals surface area contributed by atoms with E-state index in [1.165, 1.54) is 6.20 Å². The number of sulfonamides is 1. The molecular weight excluding hydrogens is 456 g/mol. The maximum atomic E-state index is 12.6. The SMILES string of the molecule is NS(=O)(=O)c1c(I)cnc(I)c1C(F)F. The predicted octanol–water partition coefficient (Wildman–Crippen LogP) is 1.88. The van der Waals surface area contributed by atoms with E-state index in [0.717, 1.165) is 0 Å². The molecule has 0 fully saturated rings. The summed E-state index contributed by atoms with van der Waals surface area (Å²) in [5, 5.41) is 4.87. The molecule has 0 bridgehead atoms. The van der Waals surface area contributed by atoms with Crippen molar-refractivity contribution >= 4 is 55.2 Å². The molecule has 15 heavy (non-hydrogen) atoms. The van der Waals surface area contributed by atoms with E-state index in [1.54, 1.807) is 45.2 Å². The van der Waals surface area contributed by atoms with Crippen molar-refractivity contribution in [3.05, 3.63) is 19.0 Å². The van der Waals surface area contributed by atoms with Gasteiger partial charge in [0.15, 0.2) is 0 Å². The number of nitrogens with two attached hydrogens (primary N) is 1. The molecule has 0 spiro atoms. The Bertz CT molecular complexity index is 492. The van der Waals surface area contributed by atoms with Gasteiger partial charge in [0.25, 0.3) is 6.43 Å². The van der Waals surface area contributed by atoms with Gasteiger partial charge in [0.2, 0.25) is 10.0 Å². The van der Waals surface area contributed by atoms with E-state index in [0.29, 0.717) is 0 Å². The zero-order chi connectivity index (χ0) is 11.8. The van der Waals surface area contributed by atoms with E-state index < -0.39 is 26.9 Å². The summed E-state index contributed by atoms with van der Waals surface area (Å²) in [6.45, 7) is 0. The minimum atomic E-state index is -4.16. The van der Waals surface area contributed by atoms with Crippen LogP contribution < -0.4 is 5.14 Å². The standard InChI is InChI=1S/C6H4F2I2N2O2S/c7-5(8)3-4(15(11,13)14)2(9)1-12-6(3)10/h1,5H,(H2,11,13,14). The minimum absolute atomic E-state index is 0.0629. The Balaban J connectivity index is 3.68. The fourth-order valence-corrected chi connectivity index (χ4v) is 3.94. The van der Waals surface area contributed by atoms with Crippen LogP contribution in [0.1, 0.15) is 12.0 Å². The highest BCUT2D eigenvalue weighted by molar-refractivity contribution is 14.1. The summed E-state index contributed by atoms with van der Waals surface area (Å²) in [7, 11) is -4.16. The lowest BCUT2D eigenvalue weighted by molar-refractivity contribution is 0.146. The van der Waals surface area contributed by atoms with Gasteiger partial charge in [0.1, 0.15) is 8.60 Å². The number of nitrogens with zero attached hydrogens (tertiary/aromatic N) is 1. The third-order valence-corrected chi connectivity index (χ3v) is 4.53. The van der Waals surface area contributed by atoms with Crippen molar-refractivity contribution in [2.24, 2.45) is 5.14 Å². The summed E-state index contributed by atoms with van der Waals surface area (Å²) in [5.41, 5.74) is -0.634. The minimum Gasteiger partial charge on any atom is -0.249 e. The second-order valence-electron chi connectivity index (χ2n) is 2.49. The van der Waals surface area contributed by atoms with E-state index in [1.807, 2.05) is 0 Å². The summed E-state index contributed by atoms with van der Waals surface area (Å²) in [5.74, 6) is 0. The van der Waals surface area contributed by atoms with Crippen LogP contribution in [0.15, 0.2) is 11.1 Å². The van der Waals surface area contributed by atoms with E-state index in [-0.39, 0.29) is 7.27 Å². The van der Waals surface area contributed by atoms with Gasteiger partial charge in [0, 0.05) is 6.20 Å². The van der Waals surface area contributed by atoms with Crippen molar-refractivity contribution in [1.29, 1.82) is 0 Å². The number of alkyl halides is 2. The Labute approximate surface area is 112 Å². The third kappa shape index (κ3) is 2.94. The second-order valence-corrected chi connectivity index (χ2v) is 6.17. The zero-order valence-corrected chi connectivity index (χ0v) is 12.0. The number of primary sulfonamides is 1. The number of halogens is 4. The number of hydrogen-bond acceptors (Lipinski definition) is 3. The molecule has 0 saturated carbocycles. The number of hydrogen-bond donors (Lipinski definition) is 1. The maximum absolute atomic E-state index is 12.6. The van der Waals surface area contributed by atoms with Gasteiger partial charge in [-0.2, -0.15) is 0 Å². The van der Waals surface area contributed by atoms with E-state index >= 15 is 0 Å². The van der Waals surface area contributed by atoms with Crippen LogP contribution in [0.3, 0.4) is 0 Å². The van der Waals surface area contributed by atoms with Crippen molar-refractivity contribution in [2.75, 3.05) is 0 Å². The molecule has 4 nitrogen and oxygen atoms in total. The molecule has 1 aromatic rings. The molecule has 9 heteroatoms. The molecule has 2 N–H and O–H groups in total. The van der Waals surface area contributed by atoms with Crippen LogP contribution in [0.5, 0.6) is 0 Å². The summed E-state index contributed by atoms with van der Waals surface area (Å²) in [6.07, 6.45) is -1.74. The van der Waals surface area contributed by atoms with Crippen LogP contribution in [-0.4, -0.2) is 13.4 Å². The molecule has 0 unspecified atom stereocenters. The molecule has 0 saturated heterocycles. The largest absolute Gasteiger partial charge is 0.267 e. The Hall–Kier alpha value is 0.380. The first-order valence-electron chi connectivity index (χ1n) is 3.40. The normalized spacial score (nSPS) is 12.1. The van der Waals surface area contributed by atoms with Gasteiger partial charge >= 0.3 is 0 Å². The number of pyridine rings is 1. The monoisotopic (exact) mass is 460 g/mol. The lowest BCUT2D eigenvalue weighted by atomic mass is 10.3. The first-order valence-corrected chi connectivity index (χ1v) is 7.10. The van der Waals surface area contributed by atoms with E-state index in [2.05, 4.69) is 4.98 Å². The summed E-state index contributed by atoms with van der Waals surface area (Å²) in [4.78, 5) is 3.11. The first-order chi connectivity index (χ1) is 6.75. The molecule has 0 radical (unpaired) electrons. The number of rotatable bonds is 2. The Morgan fingerprint density at radius 2 is 1.93 bits per heavy atom. The molecule has 1 rings (SSSR count). The van der Waals surface area contributed by atoms with Gasteiger partial charge < -0.3 is 0 Å². The maximum Gasteiger partial charge on any atom is 0.267 e. The van der Waals surface area contributed by atoms with Crippen molar-refractivity contribution in [1.82, 2.24) is 4.98 Å². The van der Waals surface area contributed by atoms with Crippen LogP contribution in [-0.2, 0) is 10.0 Å². The van der Waals surface area contributed by atoms with Crippen molar-refractivity contribution < 1.29 is 17.2 Å². The second kappa shape index (κ2) is 4.71. The molecule has 0 aromatic carbocycles. The molecule has 0 aliphatic rings. The average Bonchev–Trinajstić information content (AvgIpc) is 2.05.